The van der Waals surface area contributed by atoms with Gasteiger partial charge in [0.15, 0.2) is 5.79 Å². The average Bonchev–Trinajstić information content (AvgIpc) is 2.70. The van der Waals surface area contributed by atoms with E-state index in [1.807, 2.05) is 18.2 Å². The van der Waals surface area contributed by atoms with Crippen LogP contribution in [0.4, 0.5) is 0 Å². The van der Waals surface area contributed by atoms with Crippen molar-refractivity contribution in [2.24, 2.45) is 0 Å². The second-order valence-corrected chi connectivity index (χ2v) is 7.25. The van der Waals surface area contributed by atoms with Gasteiger partial charge in [-0.15, -0.1) is 0 Å². The van der Waals surface area contributed by atoms with Gasteiger partial charge in [0.05, 0.1) is 18.7 Å². The lowest BCUT2D eigenvalue weighted by Gasteiger charge is -2.50. The third-order valence-electron chi connectivity index (χ3n) is 5.31. The molecule has 0 aliphatic carbocycles. The molecule has 4 rings (SSSR count). The second kappa shape index (κ2) is 7.28. The van der Waals surface area contributed by atoms with Crippen LogP contribution in [0.2, 0.25) is 0 Å². The Morgan fingerprint density at radius 2 is 1.19 bits per heavy atom. The van der Waals surface area contributed by atoms with Gasteiger partial charge in [0.2, 0.25) is 0 Å². The molecule has 27 heavy (non-hydrogen) atoms. The smallest absolute Gasteiger partial charge is 0.175 e. The molecule has 1 unspecified atom stereocenters. The van der Waals surface area contributed by atoms with Crippen LogP contribution >= 0.6 is 0 Å². The van der Waals surface area contributed by atoms with Crippen LogP contribution in [-0.4, -0.2) is 35.5 Å². The number of benzene rings is 3. The normalized spacial score (nSPS) is 21.1. The van der Waals surface area contributed by atoms with E-state index >= 15 is 0 Å². The van der Waals surface area contributed by atoms with Gasteiger partial charge in [-0.2, -0.15) is 0 Å². The Bertz CT molecular complexity index is 766. The fourth-order valence-electron chi connectivity index (χ4n) is 4.23. The zero-order valence-corrected chi connectivity index (χ0v) is 15.6. The van der Waals surface area contributed by atoms with Crippen LogP contribution in [-0.2, 0) is 10.3 Å². The molecule has 1 saturated heterocycles. The largest absolute Gasteiger partial charge is 0.365 e. The van der Waals surface area contributed by atoms with Crippen molar-refractivity contribution in [1.29, 1.82) is 0 Å². The number of aliphatic hydroxyl groups is 1. The van der Waals surface area contributed by atoms with Gasteiger partial charge < -0.3 is 9.84 Å². The molecule has 1 heterocycles. The highest BCUT2D eigenvalue weighted by Crippen LogP contribution is 2.43. The Balaban J connectivity index is 2.01. The van der Waals surface area contributed by atoms with Crippen LogP contribution < -0.4 is 0 Å². The highest BCUT2D eigenvalue weighted by Gasteiger charge is 2.46. The molecule has 0 amide bonds. The topological polar surface area (TPSA) is 32.7 Å². The van der Waals surface area contributed by atoms with Crippen molar-refractivity contribution in [1.82, 2.24) is 4.90 Å². The van der Waals surface area contributed by atoms with Gasteiger partial charge in [0, 0.05) is 6.54 Å². The quantitative estimate of drug-likeness (QED) is 0.714. The van der Waals surface area contributed by atoms with Crippen LogP contribution in [0, 0.1) is 0 Å². The second-order valence-electron chi connectivity index (χ2n) is 7.25. The molecule has 138 valence electrons. The number of hydrogen-bond donors (Lipinski definition) is 1. The molecule has 0 radical (unpaired) electrons. The first kappa shape index (κ1) is 17.9. The SMILES string of the molecule is CC1(O)CN(C(c2ccccc2)(c2ccccc2)c2ccccc2)CCO1. The summed E-state index contributed by atoms with van der Waals surface area (Å²) in [7, 11) is 0. The summed E-state index contributed by atoms with van der Waals surface area (Å²) < 4.78 is 5.61. The molecular formula is C24H25NO2. The predicted molar refractivity (Wildman–Crippen MR) is 107 cm³/mol. The van der Waals surface area contributed by atoms with Gasteiger partial charge in [0.25, 0.3) is 0 Å². The van der Waals surface area contributed by atoms with E-state index in [9.17, 15) is 5.11 Å². The van der Waals surface area contributed by atoms with Crippen LogP contribution in [0.3, 0.4) is 0 Å². The molecule has 1 aliphatic rings. The minimum atomic E-state index is -1.18. The van der Waals surface area contributed by atoms with Gasteiger partial charge in [-0.1, -0.05) is 91.0 Å². The maximum Gasteiger partial charge on any atom is 0.175 e. The summed E-state index contributed by atoms with van der Waals surface area (Å²) in [6.45, 7) is 3.38. The average molecular weight is 359 g/mol. The number of hydrogen-bond acceptors (Lipinski definition) is 3. The van der Waals surface area contributed by atoms with Gasteiger partial charge in [-0.05, 0) is 23.6 Å². The van der Waals surface area contributed by atoms with Crippen LogP contribution in [0.1, 0.15) is 23.6 Å². The summed E-state index contributed by atoms with van der Waals surface area (Å²) in [6, 6.07) is 31.6. The van der Waals surface area contributed by atoms with E-state index in [4.69, 9.17) is 4.74 Å². The highest BCUT2D eigenvalue weighted by molar-refractivity contribution is 5.49. The molecule has 1 N–H and O–H groups in total. The first-order valence-electron chi connectivity index (χ1n) is 9.41. The minimum absolute atomic E-state index is 0.422. The lowest BCUT2D eigenvalue weighted by Crippen LogP contribution is -2.59. The number of nitrogens with zero attached hydrogens (tertiary/aromatic N) is 1. The maximum atomic E-state index is 10.7. The molecular weight excluding hydrogens is 334 g/mol. The molecule has 3 aromatic rings. The van der Waals surface area contributed by atoms with Gasteiger partial charge >= 0.3 is 0 Å². The van der Waals surface area contributed by atoms with Crippen molar-refractivity contribution in [3.63, 3.8) is 0 Å². The molecule has 3 nitrogen and oxygen atoms in total. The third-order valence-corrected chi connectivity index (χ3v) is 5.31. The fourth-order valence-corrected chi connectivity index (χ4v) is 4.23. The molecule has 0 saturated carbocycles. The molecule has 1 aliphatic heterocycles. The fraction of sp³-hybridized carbons (Fsp3) is 0.250. The lowest BCUT2D eigenvalue weighted by atomic mass is 9.75. The van der Waals surface area contributed by atoms with Crippen LogP contribution in [0.5, 0.6) is 0 Å². The van der Waals surface area contributed by atoms with Gasteiger partial charge in [0.1, 0.15) is 0 Å². The summed E-state index contributed by atoms with van der Waals surface area (Å²) in [5.41, 5.74) is 3.04. The number of ether oxygens (including phenoxy) is 1. The molecule has 0 aromatic heterocycles. The van der Waals surface area contributed by atoms with Gasteiger partial charge in [-0.25, -0.2) is 0 Å². The summed E-state index contributed by atoms with van der Waals surface area (Å²) in [5.74, 6) is -1.18. The Kier molecular flexibility index (Phi) is 4.83. The van der Waals surface area contributed by atoms with Gasteiger partial charge in [-0.3, -0.25) is 4.90 Å². The number of rotatable bonds is 4. The molecule has 1 atom stereocenters. The predicted octanol–water partition coefficient (Wildman–Crippen LogP) is 4.02. The minimum Gasteiger partial charge on any atom is -0.365 e. The lowest BCUT2D eigenvalue weighted by molar-refractivity contribution is -0.235. The van der Waals surface area contributed by atoms with Crippen molar-refractivity contribution < 1.29 is 9.84 Å². The Hall–Kier alpha value is -2.46. The standard InChI is InChI=1S/C24H25NO2/c1-23(26)19-25(17-18-27-23)24(20-11-5-2-6-12-20,21-13-7-3-8-14-21)22-15-9-4-10-16-22/h2-16,26H,17-19H2,1H3. The maximum absolute atomic E-state index is 10.7. The highest BCUT2D eigenvalue weighted by atomic mass is 16.6. The zero-order valence-electron chi connectivity index (χ0n) is 15.6. The van der Waals surface area contributed by atoms with Crippen molar-refractivity contribution in [2.75, 3.05) is 19.7 Å². The summed E-state index contributed by atoms with van der Waals surface area (Å²) in [6.07, 6.45) is 0. The van der Waals surface area contributed by atoms with E-state index in [1.165, 1.54) is 16.7 Å². The van der Waals surface area contributed by atoms with Crippen molar-refractivity contribution in [3.8, 4) is 0 Å². The molecule has 1 fully saturated rings. The van der Waals surface area contributed by atoms with Crippen LogP contribution in [0.25, 0.3) is 0 Å². The number of morpholine rings is 1. The summed E-state index contributed by atoms with van der Waals surface area (Å²) in [4.78, 5) is 2.34. The van der Waals surface area contributed by atoms with Crippen molar-refractivity contribution >= 4 is 0 Å². The summed E-state index contributed by atoms with van der Waals surface area (Å²) >= 11 is 0. The Morgan fingerprint density at radius 3 is 1.56 bits per heavy atom. The first-order chi connectivity index (χ1) is 13.1. The molecule has 3 heteroatoms. The molecule has 0 spiro atoms. The van der Waals surface area contributed by atoms with E-state index in [-0.39, 0.29) is 0 Å². The van der Waals surface area contributed by atoms with E-state index in [1.54, 1.807) is 6.92 Å². The summed E-state index contributed by atoms with van der Waals surface area (Å²) in [5, 5.41) is 10.7. The van der Waals surface area contributed by atoms with E-state index < -0.39 is 11.3 Å². The Morgan fingerprint density at radius 1 is 0.778 bits per heavy atom. The Labute approximate surface area is 160 Å². The third kappa shape index (κ3) is 3.30. The molecule has 0 bridgehead atoms. The number of β-amino-alcohol motifs (C(OH)–C–C–N with tert-alkyl or cyclic N) is 1. The molecule has 3 aromatic carbocycles. The van der Waals surface area contributed by atoms with Crippen LogP contribution in [0.15, 0.2) is 91.0 Å². The van der Waals surface area contributed by atoms with E-state index in [0.717, 1.165) is 6.54 Å². The van der Waals surface area contributed by atoms with E-state index in [2.05, 4.69) is 77.7 Å². The van der Waals surface area contributed by atoms with Crippen molar-refractivity contribution in [3.05, 3.63) is 108 Å². The van der Waals surface area contributed by atoms with Crippen molar-refractivity contribution in [2.45, 2.75) is 18.2 Å². The zero-order chi connectivity index (χ0) is 18.7. The van der Waals surface area contributed by atoms with E-state index in [0.29, 0.717) is 13.2 Å². The first-order valence-corrected chi connectivity index (χ1v) is 9.41. The monoisotopic (exact) mass is 359 g/mol.